The Morgan fingerprint density at radius 2 is 2.15 bits per heavy atom. The van der Waals surface area contributed by atoms with Crippen LogP contribution in [-0.4, -0.2) is 37.6 Å². The summed E-state index contributed by atoms with van der Waals surface area (Å²) in [6, 6.07) is 6.32. The minimum atomic E-state index is -0.0791. The zero-order valence-electron chi connectivity index (χ0n) is 12.0. The summed E-state index contributed by atoms with van der Waals surface area (Å²) >= 11 is 3.38. The van der Waals surface area contributed by atoms with Crippen molar-refractivity contribution < 1.29 is 4.39 Å². The Morgan fingerprint density at radius 3 is 2.90 bits per heavy atom. The van der Waals surface area contributed by atoms with Crippen molar-refractivity contribution in [1.29, 1.82) is 0 Å². The standard InChI is InChI=1S/C16H22BrFN2/c1-19-7-2-3-13-11-20(8-6-15(13)19)16-5-4-12(10-17)9-14(16)18/h4-5,9,13,15H,2-3,6-8,10-11H2,1H3. The number of anilines is 1. The van der Waals surface area contributed by atoms with Gasteiger partial charge < -0.3 is 9.80 Å². The molecular weight excluding hydrogens is 319 g/mol. The Labute approximate surface area is 129 Å². The van der Waals surface area contributed by atoms with Crippen molar-refractivity contribution >= 4 is 21.6 Å². The summed E-state index contributed by atoms with van der Waals surface area (Å²) in [4.78, 5) is 4.74. The molecule has 2 saturated heterocycles. The minimum Gasteiger partial charge on any atom is -0.369 e. The largest absolute Gasteiger partial charge is 0.369 e. The molecule has 0 radical (unpaired) electrons. The molecule has 0 aliphatic carbocycles. The fourth-order valence-electron chi connectivity index (χ4n) is 3.76. The number of benzene rings is 1. The van der Waals surface area contributed by atoms with E-state index in [4.69, 9.17) is 0 Å². The van der Waals surface area contributed by atoms with Crippen LogP contribution in [0.4, 0.5) is 10.1 Å². The predicted molar refractivity (Wildman–Crippen MR) is 85.0 cm³/mol. The van der Waals surface area contributed by atoms with Gasteiger partial charge in [0.05, 0.1) is 5.69 Å². The van der Waals surface area contributed by atoms with Gasteiger partial charge in [-0.3, -0.25) is 0 Å². The molecule has 0 aromatic heterocycles. The molecule has 3 rings (SSSR count). The third-order valence-electron chi connectivity index (χ3n) is 4.85. The maximum Gasteiger partial charge on any atom is 0.146 e. The third kappa shape index (κ3) is 2.73. The normalized spacial score (nSPS) is 27.4. The quantitative estimate of drug-likeness (QED) is 0.758. The highest BCUT2D eigenvalue weighted by molar-refractivity contribution is 9.08. The Balaban J connectivity index is 1.76. The van der Waals surface area contributed by atoms with E-state index in [0.717, 1.165) is 30.8 Å². The molecule has 4 heteroatoms. The summed E-state index contributed by atoms with van der Waals surface area (Å²) in [6.07, 6.45) is 3.71. The average molecular weight is 341 g/mol. The van der Waals surface area contributed by atoms with Gasteiger partial charge in [0.15, 0.2) is 0 Å². The molecule has 1 aromatic rings. The molecule has 0 amide bonds. The second-order valence-corrected chi connectivity index (χ2v) is 6.67. The number of fused-ring (bicyclic) bond motifs is 1. The van der Waals surface area contributed by atoms with Gasteiger partial charge in [-0.2, -0.15) is 0 Å². The second-order valence-electron chi connectivity index (χ2n) is 6.10. The van der Waals surface area contributed by atoms with Crippen LogP contribution >= 0.6 is 15.9 Å². The van der Waals surface area contributed by atoms with Crippen molar-refractivity contribution in [2.45, 2.75) is 30.6 Å². The molecule has 2 aliphatic heterocycles. The molecule has 0 bridgehead atoms. The number of halogens is 2. The van der Waals surface area contributed by atoms with Crippen LogP contribution < -0.4 is 4.90 Å². The molecule has 2 fully saturated rings. The summed E-state index contributed by atoms with van der Waals surface area (Å²) in [5.41, 5.74) is 1.78. The summed E-state index contributed by atoms with van der Waals surface area (Å²) in [5, 5.41) is 0.708. The van der Waals surface area contributed by atoms with Crippen molar-refractivity contribution in [3.05, 3.63) is 29.6 Å². The van der Waals surface area contributed by atoms with Crippen LogP contribution in [0, 0.1) is 11.7 Å². The number of hydrogen-bond donors (Lipinski definition) is 0. The van der Waals surface area contributed by atoms with E-state index in [1.807, 2.05) is 12.1 Å². The van der Waals surface area contributed by atoms with Gasteiger partial charge in [0.2, 0.25) is 0 Å². The van der Waals surface area contributed by atoms with Crippen molar-refractivity contribution in [3.8, 4) is 0 Å². The smallest absolute Gasteiger partial charge is 0.146 e. The van der Waals surface area contributed by atoms with Crippen LogP contribution in [0.15, 0.2) is 18.2 Å². The monoisotopic (exact) mass is 340 g/mol. The summed E-state index contributed by atoms with van der Waals surface area (Å²) in [7, 11) is 2.23. The van der Waals surface area contributed by atoms with Gasteiger partial charge in [-0.15, -0.1) is 0 Å². The number of nitrogens with zero attached hydrogens (tertiary/aromatic N) is 2. The Morgan fingerprint density at radius 1 is 1.30 bits per heavy atom. The van der Waals surface area contributed by atoms with Gasteiger partial charge >= 0.3 is 0 Å². The Bertz CT molecular complexity index is 480. The topological polar surface area (TPSA) is 6.48 Å². The Hall–Kier alpha value is -0.610. The fourth-order valence-corrected chi connectivity index (χ4v) is 4.11. The molecule has 2 heterocycles. The van der Waals surface area contributed by atoms with E-state index in [0.29, 0.717) is 17.3 Å². The second kappa shape index (κ2) is 6.02. The molecule has 0 N–H and O–H groups in total. The Kier molecular flexibility index (Phi) is 4.32. The van der Waals surface area contributed by atoms with Crippen molar-refractivity contribution in [1.82, 2.24) is 4.90 Å². The van der Waals surface area contributed by atoms with Gasteiger partial charge in [-0.1, -0.05) is 22.0 Å². The van der Waals surface area contributed by atoms with E-state index >= 15 is 0 Å². The van der Waals surface area contributed by atoms with E-state index < -0.39 is 0 Å². The first kappa shape index (κ1) is 14.3. The number of hydrogen-bond acceptors (Lipinski definition) is 2. The highest BCUT2D eigenvalue weighted by atomic mass is 79.9. The van der Waals surface area contributed by atoms with Crippen LogP contribution in [0.1, 0.15) is 24.8 Å². The number of piperidine rings is 2. The molecule has 0 saturated carbocycles. The summed E-state index contributed by atoms with van der Waals surface area (Å²) < 4.78 is 14.2. The van der Waals surface area contributed by atoms with Crippen LogP contribution in [-0.2, 0) is 5.33 Å². The maximum atomic E-state index is 14.2. The van der Waals surface area contributed by atoms with Crippen molar-refractivity contribution in [2.75, 3.05) is 31.6 Å². The van der Waals surface area contributed by atoms with E-state index in [9.17, 15) is 4.39 Å². The predicted octanol–water partition coefficient (Wildman–Crippen LogP) is 3.64. The van der Waals surface area contributed by atoms with Gasteiger partial charge in [-0.05, 0) is 56.5 Å². The zero-order valence-corrected chi connectivity index (χ0v) is 13.6. The molecule has 2 unspecified atom stereocenters. The van der Waals surface area contributed by atoms with E-state index in [2.05, 4.69) is 32.8 Å². The highest BCUT2D eigenvalue weighted by Gasteiger charge is 2.34. The number of rotatable bonds is 2. The zero-order chi connectivity index (χ0) is 14.1. The fraction of sp³-hybridized carbons (Fsp3) is 0.625. The van der Waals surface area contributed by atoms with Crippen LogP contribution in [0.2, 0.25) is 0 Å². The lowest BCUT2D eigenvalue weighted by Gasteiger charge is -2.46. The van der Waals surface area contributed by atoms with Gasteiger partial charge in [0.25, 0.3) is 0 Å². The first-order valence-corrected chi connectivity index (χ1v) is 8.61. The first-order valence-electron chi connectivity index (χ1n) is 7.48. The highest BCUT2D eigenvalue weighted by Crippen LogP contribution is 2.33. The molecule has 110 valence electrons. The SMILES string of the molecule is CN1CCCC2CN(c3ccc(CBr)cc3F)CCC21. The molecule has 2 aliphatic rings. The van der Waals surface area contributed by atoms with Crippen LogP contribution in [0.25, 0.3) is 0 Å². The van der Waals surface area contributed by atoms with Crippen LogP contribution in [0.5, 0.6) is 0 Å². The molecular formula is C16H22BrFN2. The van der Waals surface area contributed by atoms with Crippen molar-refractivity contribution in [3.63, 3.8) is 0 Å². The molecule has 20 heavy (non-hydrogen) atoms. The molecule has 2 atom stereocenters. The average Bonchev–Trinajstić information content (AvgIpc) is 2.47. The van der Waals surface area contributed by atoms with Gasteiger partial charge in [-0.25, -0.2) is 4.39 Å². The summed E-state index contributed by atoms with van der Waals surface area (Å²) in [5.74, 6) is 0.613. The molecule has 2 nitrogen and oxygen atoms in total. The molecule has 1 aromatic carbocycles. The lowest BCUT2D eigenvalue weighted by Crippen LogP contribution is -2.52. The van der Waals surface area contributed by atoms with E-state index in [1.54, 1.807) is 6.07 Å². The van der Waals surface area contributed by atoms with E-state index in [-0.39, 0.29) is 5.82 Å². The van der Waals surface area contributed by atoms with E-state index in [1.165, 1.54) is 19.4 Å². The van der Waals surface area contributed by atoms with Gasteiger partial charge in [0.1, 0.15) is 5.82 Å². The maximum absolute atomic E-state index is 14.2. The minimum absolute atomic E-state index is 0.0791. The van der Waals surface area contributed by atoms with Crippen LogP contribution in [0.3, 0.4) is 0 Å². The van der Waals surface area contributed by atoms with Gasteiger partial charge in [0, 0.05) is 24.5 Å². The molecule has 0 spiro atoms. The lowest BCUT2D eigenvalue weighted by atomic mass is 9.84. The lowest BCUT2D eigenvalue weighted by molar-refractivity contribution is 0.102. The number of likely N-dealkylation sites (tertiary alicyclic amines) is 1. The number of alkyl halides is 1. The third-order valence-corrected chi connectivity index (χ3v) is 5.50. The summed E-state index contributed by atoms with van der Waals surface area (Å²) in [6.45, 7) is 3.19. The first-order chi connectivity index (χ1) is 9.69. The van der Waals surface area contributed by atoms with Crippen molar-refractivity contribution in [2.24, 2.45) is 5.92 Å².